The van der Waals surface area contributed by atoms with E-state index in [9.17, 15) is 23.3 Å². The van der Waals surface area contributed by atoms with Crippen molar-refractivity contribution >= 4 is 17.3 Å². The van der Waals surface area contributed by atoms with Crippen LogP contribution in [0, 0.1) is 10.1 Å². The Kier molecular flexibility index (Phi) is 4.22. The molecule has 0 aromatic carbocycles. The second-order valence-corrected chi connectivity index (χ2v) is 5.19. The molecule has 1 fully saturated rings. The van der Waals surface area contributed by atoms with Crippen molar-refractivity contribution in [1.82, 2.24) is 9.78 Å². The van der Waals surface area contributed by atoms with E-state index in [1.54, 1.807) is 0 Å². The Morgan fingerprint density at radius 1 is 1.25 bits per heavy atom. The van der Waals surface area contributed by atoms with Crippen LogP contribution in [0.3, 0.4) is 0 Å². The van der Waals surface area contributed by atoms with Crippen LogP contribution in [0.2, 0.25) is 5.15 Å². The molecule has 1 saturated carbocycles. The third-order valence-corrected chi connectivity index (χ3v) is 3.80. The highest BCUT2D eigenvalue weighted by Crippen LogP contribution is 2.42. The van der Waals surface area contributed by atoms with Crippen molar-refractivity contribution in [2.45, 2.75) is 50.7 Å². The number of halogens is 4. The number of alkyl halides is 3. The molecule has 0 N–H and O–H groups in total. The number of hydrogen-bond acceptors (Lipinski definition) is 3. The minimum atomic E-state index is -4.89. The molecule has 0 atom stereocenters. The van der Waals surface area contributed by atoms with Gasteiger partial charge in [0, 0.05) is 0 Å². The summed E-state index contributed by atoms with van der Waals surface area (Å²) in [4.78, 5) is 9.70. The van der Waals surface area contributed by atoms with Crippen LogP contribution in [0.15, 0.2) is 0 Å². The van der Waals surface area contributed by atoms with Crippen molar-refractivity contribution in [3.63, 3.8) is 0 Å². The molecule has 20 heavy (non-hydrogen) atoms. The summed E-state index contributed by atoms with van der Waals surface area (Å²) >= 11 is 5.78. The van der Waals surface area contributed by atoms with Crippen molar-refractivity contribution < 1.29 is 18.1 Å². The number of nitrogens with zero attached hydrogens (tertiary/aromatic N) is 3. The lowest BCUT2D eigenvalue weighted by Gasteiger charge is -2.15. The van der Waals surface area contributed by atoms with Crippen LogP contribution < -0.4 is 0 Å². The predicted molar refractivity (Wildman–Crippen MR) is 65.6 cm³/mol. The number of aromatic nitrogens is 2. The molecule has 1 aliphatic rings. The molecule has 0 spiro atoms. The Balaban J connectivity index is 2.46. The lowest BCUT2D eigenvalue weighted by atomic mass is 10.1. The first-order valence-corrected chi connectivity index (χ1v) is 6.69. The molecule has 1 aliphatic carbocycles. The summed E-state index contributed by atoms with van der Waals surface area (Å²) < 4.78 is 39.4. The van der Waals surface area contributed by atoms with Crippen molar-refractivity contribution in [3.8, 4) is 0 Å². The Morgan fingerprint density at radius 3 is 2.20 bits per heavy atom. The maximum atomic E-state index is 12.8. The highest BCUT2D eigenvalue weighted by atomic mass is 35.5. The first-order valence-electron chi connectivity index (χ1n) is 6.32. The third-order valence-electron chi connectivity index (χ3n) is 3.45. The Morgan fingerprint density at radius 2 is 1.80 bits per heavy atom. The van der Waals surface area contributed by atoms with Gasteiger partial charge in [-0.25, -0.2) is 4.68 Å². The number of nitro groups is 1. The lowest BCUT2D eigenvalue weighted by Crippen LogP contribution is -2.13. The molecule has 9 heteroatoms. The molecule has 0 aliphatic heterocycles. The van der Waals surface area contributed by atoms with Gasteiger partial charge in [-0.3, -0.25) is 10.1 Å². The molecule has 0 amide bonds. The average molecular weight is 312 g/mol. The molecule has 0 saturated heterocycles. The zero-order chi connectivity index (χ0) is 14.9. The molecule has 1 aromatic rings. The van der Waals surface area contributed by atoms with Gasteiger partial charge in [0.2, 0.25) is 10.8 Å². The molecular formula is C11H13ClF3N3O2. The fourth-order valence-corrected chi connectivity index (χ4v) is 2.84. The minimum absolute atomic E-state index is 0.306. The largest absolute Gasteiger partial charge is 0.442 e. The van der Waals surface area contributed by atoms with Crippen LogP contribution in [0.4, 0.5) is 18.9 Å². The van der Waals surface area contributed by atoms with Gasteiger partial charge in [0.1, 0.15) is 0 Å². The molecule has 1 aromatic heterocycles. The quantitative estimate of drug-likeness (QED) is 0.463. The molecule has 2 rings (SSSR count). The van der Waals surface area contributed by atoms with Crippen LogP contribution in [-0.2, 0) is 6.18 Å². The van der Waals surface area contributed by atoms with Crippen LogP contribution in [0.25, 0.3) is 0 Å². The SMILES string of the molecule is O=[N+]([O-])c1c(C(F)(F)F)nn(C2CCCCCC2)c1Cl. The summed E-state index contributed by atoms with van der Waals surface area (Å²) in [6.07, 6.45) is 0.104. The average Bonchev–Trinajstić information content (AvgIpc) is 2.54. The lowest BCUT2D eigenvalue weighted by molar-refractivity contribution is -0.388. The van der Waals surface area contributed by atoms with Crippen molar-refractivity contribution in [1.29, 1.82) is 0 Å². The minimum Gasteiger partial charge on any atom is -0.258 e. The summed E-state index contributed by atoms with van der Waals surface area (Å²) in [7, 11) is 0. The maximum absolute atomic E-state index is 12.8. The van der Waals surface area contributed by atoms with Gasteiger partial charge in [0.15, 0.2) is 0 Å². The summed E-state index contributed by atoms with van der Waals surface area (Å²) in [5.74, 6) is 0. The van der Waals surface area contributed by atoms with E-state index in [0.717, 1.165) is 30.4 Å². The summed E-state index contributed by atoms with van der Waals surface area (Å²) in [6.45, 7) is 0. The first-order chi connectivity index (χ1) is 9.32. The standard InChI is InChI=1S/C11H13ClF3N3O2/c12-10-8(18(19)20)9(11(13,14)15)16-17(10)7-5-3-1-2-4-6-7/h7H,1-6H2. The fraction of sp³-hybridized carbons (Fsp3) is 0.727. The predicted octanol–water partition coefficient (Wildman–Crippen LogP) is 4.36. The van der Waals surface area contributed by atoms with Gasteiger partial charge in [-0.2, -0.15) is 18.3 Å². The van der Waals surface area contributed by atoms with E-state index in [-0.39, 0.29) is 6.04 Å². The zero-order valence-electron chi connectivity index (χ0n) is 10.5. The second-order valence-electron chi connectivity index (χ2n) is 4.83. The van der Waals surface area contributed by atoms with Gasteiger partial charge in [-0.15, -0.1) is 0 Å². The smallest absolute Gasteiger partial charge is 0.258 e. The Bertz CT molecular complexity index is 508. The number of hydrogen-bond donors (Lipinski definition) is 0. The van der Waals surface area contributed by atoms with E-state index in [2.05, 4.69) is 5.10 Å². The van der Waals surface area contributed by atoms with Gasteiger partial charge in [-0.1, -0.05) is 37.3 Å². The van der Waals surface area contributed by atoms with Gasteiger partial charge < -0.3 is 0 Å². The van der Waals surface area contributed by atoms with E-state index in [1.165, 1.54) is 0 Å². The maximum Gasteiger partial charge on any atom is 0.442 e. The van der Waals surface area contributed by atoms with Gasteiger partial charge in [0.05, 0.1) is 11.0 Å². The molecule has 112 valence electrons. The first kappa shape index (κ1) is 15.1. The van der Waals surface area contributed by atoms with E-state index in [1.807, 2.05) is 0 Å². The van der Waals surface area contributed by atoms with Crippen LogP contribution in [-0.4, -0.2) is 14.7 Å². The van der Waals surface area contributed by atoms with E-state index in [4.69, 9.17) is 11.6 Å². The Hall–Kier alpha value is -1.31. The normalized spacial score (nSPS) is 18.0. The van der Waals surface area contributed by atoms with E-state index >= 15 is 0 Å². The van der Waals surface area contributed by atoms with E-state index in [0.29, 0.717) is 12.8 Å². The highest BCUT2D eigenvalue weighted by molar-refractivity contribution is 6.31. The van der Waals surface area contributed by atoms with Crippen molar-refractivity contribution in [2.75, 3.05) is 0 Å². The summed E-state index contributed by atoms with van der Waals surface area (Å²) in [5, 5.41) is 13.7. The van der Waals surface area contributed by atoms with Crippen molar-refractivity contribution in [2.24, 2.45) is 0 Å². The van der Waals surface area contributed by atoms with E-state index < -0.39 is 27.6 Å². The van der Waals surface area contributed by atoms with Crippen LogP contribution in [0.5, 0.6) is 0 Å². The Labute approximate surface area is 117 Å². The molecule has 1 heterocycles. The van der Waals surface area contributed by atoms with Crippen molar-refractivity contribution in [3.05, 3.63) is 21.0 Å². The molecule has 5 nitrogen and oxygen atoms in total. The zero-order valence-corrected chi connectivity index (χ0v) is 11.2. The van der Waals surface area contributed by atoms with Crippen LogP contribution in [0.1, 0.15) is 50.3 Å². The third kappa shape index (κ3) is 2.89. The molecule has 0 bridgehead atoms. The topological polar surface area (TPSA) is 61.0 Å². The number of rotatable bonds is 2. The van der Waals surface area contributed by atoms with Gasteiger partial charge in [-0.05, 0) is 12.8 Å². The monoisotopic (exact) mass is 311 g/mol. The second kappa shape index (κ2) is 5.59. The van der Waals surface area contributed by atoms with Gasteiger partial charge in [0.25, 0.3) is 0 Å². The summed E-state index contributed by atoms with van der Waals surface area (Å²) in [5.41, 5.74) is -2.67. The molecule has 0 unspecified atom stereocenters. The highest BCUT2D eigenvalue weighted by Gasteiger charge is 2.45. The fourth-order valence-electron chi connectivity index (χ4n) is 2.50. The van der Waals surface area contributed by atoms with Crippen LogP contribution >= 0.6 is 11.6 Å². The van der Waals surface area contributed by atoms with Gasteiger partial charge >= 0.3 is 11.9 Å². The molecular weight excluding hydrogens is 299 g/mol. The summed E-state index contributed by atoms with van der Waals surface area (Å²) in [6, 6.07) is -0.306. The molecule has 0 radical (unpaired) electrons.